The SMILES string of the molecule is CC(C)N(CCCN=C(NCCCN1CCOCC1)NCCc1ccco1)C(C)C.I. The fourth-order valence-electron chi connectivity index (χ4n) is 3.82. The second-order valence-electron chi connectivity index (χ2n) is 8.50. The topological polar surface area (TPSA) is 65.3 Å². The molecule has 1 aliphatic rings. The van der Waals surface area contributed by atoms with Crippen molar-refractivity contribution in [2.45, 2.75) is 59.0 Å². The number of halogens is 1. The van der Waals surface area contributed by atoms with Crippen LogP contribution in [0.3, 0.4) is 0 Å². The highest BCUT2D eigenvalue weighted by atomic mass is 127. The summed E-state index contributed by atoms with van der Waals surface area (Å²) < 4.78 is 10.9. The van der Waals surface area contributed by atoms with Crippen LogP contribution < -0.4 is 10.6 Å². The molecular formula is C23H44IN5O2. The van der Waals surface area contributed by atoms with Gasteiger partial charge in [0, 0.05) is 57.8 Å². The summed E-state index contributed by atoms with van der Waals surface area (Å²) in [6.07, 6.45) is 4.75. The molecule has 2 N–H and O–H groups in total. The van der Waals surface area contributed by atoms with E-state index >= 15 is 0 Å². The Balaban J connectivity index is 0.00000480. The van der Waals surface area contributed by atoms with E-state index in [1.807, 2.05) is 12.1 Å². The van der Waals surface area contributed by atoms with Gasteiger partial charge in [0.1, 0.15) is 5.76 Å². The summed E-state index contributed by atoms with van der Waals surface area (Å²) in [6, 6.07) is 5.08. The molecule has 0 aliphatic carbocycles. The summed E-state index contributed by atoms with van der Waals surface area (Å²) >= 11 is 0. The maximum absolute atomic E-state index is 5.43. The van der Waals surface area contributed by atoms with E-state index in [0.717, 1.165) is 90.0 Å². The van der Waals surface area contributed by atoms with Crippen molar-refractivity contribution in [3.05, 3.63) is 24.2 Å². The molecule has 2 heterocycles. The average Bonchev–Trinajstić information content (AvgIpc) is 3.24. The van der Waals surface area contributed by atoms with E-state index in [0.29, 0.717) is 12.1 Å². The van der Waals surface area contributed by atoms with E-state index in [4.69, 9.17) is 14.1 Å². The van der Waals surface area contributed by atoms with Crippen molar-refractivity contribution in [2.24, 2.45) is 4.99 Å². The number of aliphatic imine (C=N–C) groups is 1. The van der Waals surface area contributed by atoms with E-state index in [9.17, 15) is 0 Å². The molecule has 2 rings (SSSR count). The van der Waals surface area contributed by atoms with Gasteiger partial charge in [-0.05, 0) is 59.2 Å². The van der Waals surface area contributed by atoms with Gasteiger partial charge in [-0.2, -0.15) is 0 Å². The van der Waals surface area contributed by atoms with Gasteiger partial charge in [0.15, 0.2) is 5.96 Å². The van der Waals surface area contributed by atoms with Gasteiger partial charge < -0.3 is 19.8 Å². The van der Waals surface area contributed by atoms with Crippen LogP contribution in [0.15, 0.2) is 27.8 Å². The molecule has 31 heavy (non-hydrogen) atoms. The molecule has 1 aromatic heterocycles. The fraction of sp³-hybridized carbons (Fsp3) is 0.783. The van der Waals surface area contributed by atoms with E-state index in [1.165, 1.54) is 0 Å². The predicted molar refractivity (Wildman–Crippen MR) is 140 cm³/mol. The highest BCUT2D eigenvalue weighted by molar-refractivity contribution is 14.0. The summed E-state index contributed by atoms with van der Waals surface area (Å²) in [5.41, 5.74) is 0. The highest BCUT2D eigenvalue weighted by Crippen LogP contribution is 2.05. The Kier molecular flexibility index (Phi) is 15.2. The molecule has 0 aromatic carbocycles. The molecular weight excluding hydrogens is 505 g/mol. The third-order valence-corrected chi connectivity index (χ3v) is 5.46. The molecule has 7 nitrogen and oxygen atoms in total. The minimum Gasteiger partial charge on any atom is -0.469 e. The number of hydrogen-bond donors (Lipinski definition) is 2. The quantitative estimate of drug-likeness (QED) is 0.171. The predicted octanol–water partition coefficient (Wildman–Crippen LogP) is 3.21. The normalized spacial score (nSPS) is 15.5. The number of furan rings is 1. The summed E-state index contributed by atoms with van der Waals surface area (Å²) in [5, 5.41) is 6.97. The molecule has 1 saturated heterocycles. The van der Waals surface area contributed by atoms with Gasteiger partial charge in [0.2, 0.25) is 0 Å². The third kappa shape index (κ3) is 12.1. The molecule has 0 atom stereocenters. The monoisotopic (exact) mass is 549 g/mol. The summed E-state index contributed by atoms with van der Waals surface area (Å²) in [6.45, 7) is 17.6. The minimum absolute atomic E-state index is 0. The number of hydrogen-bond acceptors (Lipinski definition) is 5. The highest BCUT2D eigenvalue weighted by Gasteiger charge is 2.12. The first kappa shape index (κ1) is 28.2. The Labute approximate surface area is 206 Å². The zero-order chi connectivity index (χ0) is 21.6. The van der Waals surface area contributed by atoms with Gasteiger partial charge in [0.25, 0.3) is 0 Å². The van der Waals surface area contributed by atoms with Crippen molar-refractivity contribution in [1.29, 1.82) is 0 Å². The van der Waals surface area contributed by atoms with Gasteiger partial charge in [-0.3, -0.25) is 14.8 Å². The zero-order valence-corrected chi connectivity index (χ0v) is 22.3. The summed E-state index contributed by atoms with van der Waals surface area (Å²) in [7, 11) is 0. The minimum atomic E-state index is 0. The van der Waals surface area contributed by atoms with Crippen molar-refractivity contribution < 1.29 is 9.15 Å². The lowest BCUT2D eigenvalue weighted by atomic mass is 10.2. The maximum Gasteiger partial charge on any atom is 0.191 e. The lowest BCUT2D eigenvalue weighted by Crippen LogP contribution is -2.41. The number of rotatable bonds is 13. The van der Waals surface area contributed by atoms with Crippen molar-refractivity contribution >= 4 is 29.9 Å². The van der Waals surface area contributed by atoms with Crippen molar-refractivity contribution in [3.8, 4) is 0 Å². The van der Waals surface area contributed by atoms with Crippen LogP contribution >= 0.6 is 24.0 Å². The van der Waals surface area contributed by atoms with Crippen LogP contribution in [0.5, 0.6) is 0 Å². The Bertz CT molecular complexity index is 567. The Hall–Kier alpha value is -0.840. The van der Waals surface area contributed by atoms with Gasteiger partial charge in [0.05, 0.1) is 19.5 Å². The van der Waals surface area contributed by atoms with Crippen LogP contribution in [0.25, 0.3) is 0 Å². The standard InChI is InChI=1S/C23H43N5O2.HI/c1-20(2)28(21(3)4)14-7-11-25-23(26-12-9-22-8-5-17-30-22)24-10-6-13-27-15-18-29-19-16-27;/h5,8,17,20-21H,6-7,9-16,18-19H2,1-4H3,(H2,24,25,26);1H. The molecule has 0 amide bonds. The molecule has 1 fully saturated rings. The first-order chi connectivity index (χ1) is 14.6. The first-order valence-electron chi connectivity index (χ1n) is 11.7. The smallest absolute Gasteiger partial charge is 0.191 e. The maximum atomic E-state index is 5.43. The molecule has 1 aromatic rings. The zero-order valence-electron chi connectivity index (χ0n) is 19.9. The average molecular weight is 550 g/mol. The number of nitrogens with one attached hydrogen (secondary N) is 2. The Morgan fingerprint density at radius 3 is 2.45 bits per heavy atom. The van der Waals surface area contributed by atoms with E-state index in [-0.39, 0.29) is 24.0 Å². The van der Waals surface area contributed by atoms with Gasteiger partial charge in [-0.1, -0.05) is 0 Å². The lowest BCUT2D eigenvalue weighted by molar-refractivity contribution is 0.0376. The Morgan fingerprint density at radius 2 is 1.81 bits per heavy atom. The summed E-state index contributed by atoms with van der Waals surface area (Å²) in [4.78, 5) is 9.82. The molecule has 0 unspecified atom stereocenters. The van der Waals surface area contributed by atoms with E-state index < -0.39 is 0 Å². The molecule has 8 heteroatoms. The Morgan fingerprint density at radius 1 is 1.10 bits per heavy atom. The number of guanidine groups is 1. The molecule has 0 spiro atoms. The van der Waals surface area contributed by atoms with Crippen LogP contribution in [0, 0.1) is 0 Å². The molecule has 1 aliphatic heterocycles. The second kappa shape index (κ2) is 16.7. The number of ether oxygens (including phenoxy) is 1. The van der Waals surface area contributed by atoms with Crippen LogP contribution in [0.2, 0.25) is 0 Å². The lowest BCUT2D eigenvalue weighted by Gasteiger charge is -2.30. The number of nitrogens with zero attached hydrogens (tertiary/aromatic N) is 3. The fourth-order valence-corrected chi connectivity index (χ4v) is 3.82. The van der Waals surface area contributed by atoms with Gasteiger partial charge in [-0.15, -0.1) is 24.0 Å². The van der Waals surface area contributed by atoms with Crippen LogP contribution in [-0.2, 0) is 11.2 Å². The van der Waals surface area contributed by atoms with Crippen molar-refractivity contribution in [1.82, 2.24) is 20.4 Å². The molecule has 0 saturated carbocycles. The van der Waals surface area contributed by atoms with Crippen LogP contribution in [0.4, 0.5) is 0 Å². The van der Waals surface area contributed by atoms with E-state index in [2.05, 4.69) is 48.1 Å². The van der Waals surface area contributed by atoms with Crippen molar-refractivity contribution in [2.75, 3.05) is 59.0 Å². The van der Waals surface area contributed by atoms with Crippen molar-refractivity contribution in [3.63, 3.8) is 0 Å². The van der Waals surface area contributed by atoms with Gasteiger partial charge >= 0.3 is 0 Å². The second-order valence-corrected chi connectivity index (χ2v) is 8.50. The largest absolute Gasteiger partial charge is 0.469 e. The summed E-state index contributed by atoms with van der Waals surface area (Å²) in [5.74, 6) is 1.91. The molecule has 0 bridgehead atoms. The molecule has 180 valence electrons. The number of morpholine rings is 1. The first-order valence-corrected chi connectivity index (χ1v) is 11.7. The van der Waals surface area contributed by atoms with Crippen LogP contribution in [0.1, 0.15) is 46.3 Å². The van der Waals surface area contributed by atoms with Gasteiger partial charge in [-0.25, -0.2) is 0 Å². The van der Waals surface area contributed by atoms with Crippen LogP contribution in [-0.4, -0.2) is 86.9 Å². The third-order valence-electron chi connectivity index (χ3n) is 5.46. The van der Waals surface area contributed by atoms with E-state index in [1.54, 1.807) is 6.26 Å². The molecule has 0 radical (unpaired) electrons.